The van der Waals surface area contributed by atoms with Gasteiger partial charge in [-0.05, 0) is 20.3 Å². The number of aliphatic hydroxyl groups excluding tert-OH is 1. The Kier molecular flexibility index (Phi) is 5.74. The predicted molar refractivity (Wildman–Crippen MR) is 50.2 cm³/mol. The van der Waals surface area contributed by atoms with Crippen molar-refractivity contribution in [2.45, 2.75) is 26.7 Å². The molecule has 74 valence electrons. The summed E-state index contributed by atoms with van der Waals surface area (Å²) in [7, 11) is 0. The number of aliphatic hydroxyl groups is 1. The molecule has 0 aromatic carbocycles. The van der Waals surface area contributed by atoms with Crippen LogP contribution in [0.1, 0.15) is 26.7 Å². The molecule has 1 aliphatic rings. The Morgan fingerprint density at radius 2 is 1.93 bits per heavy atom. The van der Waals surface area contributed by atoms with Crippen molar-refractivity contribution in [1.82, 2.24) is 0 Å². The third kappa shape index (κ3) is 2.98. The minimum absolute atomic E-state index is 0. The van der Waals surface area contributed by atoms with Gasteiger partial charge in [0.05, 0.1) is 18.9 Å². The van der Waals surface area contributed by atoms with Crippen molar-refractivity contribution >= 4 is 5.71 Å². The summed E-state index contributed by atoms with van der Waals surface area (Å²) < 4.78 is 0. The summed E-state index contributed by atoms with van der Waals surface area (Å²) in [4.78, 5) is -0.350. The molecule has 1 aliphatic carbocycles. The number of nitrogens with zero attached hydrogens (tertiary/aromatic N) is 1. The monoisotopic (exact) mass is 207 g/mol. The zero-order valence-corrected chi connectivity index (χ0v) is 10.9. The number of allylic oxidation sites excluding steroid dienone is 2. The average Bonchev–Trinajstić information content (AvgIpc) is 2.08. The second kappa shape index (κ2) is 5.75. The van der Waals surface area contributed by atoms with E-state index < -0.39 is 0 Å². The van der Waals surface area contributed by atoms with Crippen molar-refractivity contribution in [2.75, 3.05) is 6.61 Å². The van der Waals surface area contributed by atoms with E-state index >= 15 is 0 Å². The van der Waals surface area contributed by atoms with Crippen LogP contribution in [0.2, 0.25) is 0 Å². The van der Waals surface area contributed by atoms with Crippen LogP contribution in [0.3, 0.4) is 0 Å². The third-order valence-corrected chi connectivity index (χ3v) is 2.65. The molecule has 0 spiro atoms. The Bertz CT molecular complexity index is 269. The fourth-order valence-electron chi connectivity index (χ4n) is 1.61. The second-order valence-electron chi connectivity index (χ2n) is 3.57. The summed E-state index contributed by atoms with van der Waals surface area (Å²) in [5.41, 5.74) is 2.49. The second-order valence-corrected chi connectivity index (χ2v) is 3.57. The van der Waals surface area contributed by atoms with Gasteiger partial charge < -0.3 is 15.5 Å². The van der Waals surface area contributed by atoms with Gasteiger partial charge in [-0.15, -0.1) is 0 Å². The summed E-state index contributed by atoms with van der Waals surface area (Å²) >= 11 is 0. The standard InChI is InChI=1S/C9H14NO3.Na/c1-6-3-8(5-11)9(10(12)13)4-7(6)2;/h8,11H,3-5H2,1-2H3;/q-1;+1/t8-;/m0./s1. The van der Waals surface area contributed by atoms with E-state index in [1.54, 1.807) is 0 Å². The molecule has 0 aliphatic heterocycles. The molecule has 0 saturated heterocycles. The number of rotatable bonds is 1. The van der Waals surface area contributed by atoms with Crippen LogP contribution in [0.25, 0.3) is 0 Å². The topological polar surface area (TPSA) is 69.4 Å². The molecule has 0 aromatic rings. The van der Waals surface area contributed by atoms with Gasteiger partial charge in [0.2, 0.25) is 0 Å². The van der Waals surface area contributed by atoms with Gasteiger partial charge in [0.25, 0.3) is 0 Å². The molecule has 14 heavy (non-hydrogen) atoms. The van der Waals surface area contributed by atoms with E-state index in [1.165, 1.54) is 5.57 Å². The molecule has 0 bridgehead atoms. The van der Waals surface area contributed by atoms with Gasteiger partial charge in [-0.2, -0.15) is 4.90 Å². The van der Waals surface area contributed by atoms with Crippen molar-refractivity contribution in [3.05, 3.63) is 21.6 Å². The van der Waals surface area contributed by atoms with Crippen LogP contribution in [0.5, 0.6) is 0 Å². The fourth-order valence-corrected chi connectivity index (χ4v) is 1.61. The van der Waals surface area contributed by atoms with E-state index in [9.17, 15) is 10.4 Å². The van der Waals surface area contributed by atoms with Gasteiger partial charge >= 0.3 is 29.6 Å². The maximum Gasteiger partial charge on any atom is 1.00 e. The molecule has 0 heterocycles. The molecule has 0 saturated carbocycles. The third-order valence-electron chi connectivity index (χ3n) is 2.65. The summed E-state index contributed by atoms with van der Waals surface area (Å²) in [5, 5.41) is 30.2. The first-order valence-corrected chi connectivity index (χ1v) is 4.32. The zero-order valence-electron chi connectivity index (χ0n) is 8.91. The minimum Gasteiger partial charge on any atom is -0.612 e. The van der Waals surface area contributed by atoms with Gasteiger partial charge in [-0.3, -0.25) is 0 Å². The van der Waals surface area contributed by atoms with Gasteiger partial charge in [-0.1, -0.05) is 11.1 Å². The van der Waals surface area contributed by atoms with Crippen molar-refractivity contribution in [2.24, 2.45) is 5.92 Å². The Balaban J connectivity index is 0.00000169. The Morgan fingerprint density at radius 3 is 2.36 bits per heavy atom. The van der Waals surface area contributed by atoms with E-state index in [0.717, 1.165) is 5.57 Å². The Labute approximate surface area is 106 Å². The molecule has 0 fully saturated rings. The quantitative estimate of drug-likeness (QED) is 0.238. The zero-order chi connectivity index (χ0) is 10.0. The van der Waals surface area contributed by atoms with Crippen LogP contribution >= 0.6 is 0 Å². The summed E-state index contributed by atoms with van der Waals surface area (Å²) in [5.74, 6) is -0.279. The van der Waals surface area contributed by atoms with Gasteiger partial charge in [0.15, 0.2) is 5.71 Å². The van der Waals surface area contributed by atoms with Crippen molar-refractivity contribution < 1.29 is 39.6 Å². The smallest absolute Gasteiger partial charge is 0.612 e. The molecule has 0 unspecified atom stereocenters. The van der Waals surface area contributed by atoms with Crippen LogP contribution in [0.15, 0.2) is 11.1 Å². The first-order valence-electron chi connectivity index (χ1n) is 4.32. The molecule has 0 radical (unpaired) electrons. The van der Waals surface area contributed by atoms with E-state index in [-0.39, 0.29) is 52.7 Å². The molecule has 1 N–H and O–H groups in total. The molecule has 0 amide bonds. The summed E-state index contributed by atoms with van der Waals surface area (Å²) in [6, 6.07) is 0. The van der Waals surface area contributed by atoms with Crippen LogP contribution < -0.4 is 29.6 Å². The van der Waals surface area contributed by atoms with Crippen molar-refractivity contribution in [3.8, 4) is 0 Å². The fraction of sp³-hybridized carbons (Fsp3) is 0.667. The van der Waals surface area contributed by atoms with E-state index in [1.807, 2.05) is 13.8 Å². The Morgan fingerprint density at radius 1 is 1.36 bits per heavy atom. The minimum atomic E-state index is -0.350. The maximum atomic E-state index is 10.6. The molecule has 4 nitrogen and oxygen atoms in total. The van der Waals surface area contributed by atoms with Crippen LogP contribution in [-0.2, 0) is 0 Å². The van der Waals surface area contributed by atoms with E-state index in [2.05, 4.69) is 0 Å². The van der Waals surface area contributed by atoms with E-state index in [4.69, 9.17) is 5.11 Å². The van der Waals surface area contributed by atoms with Crippen LogP contribution in [0, 0.1) is 16.3 Å². The first-order chi connectivity index (χ1) is 6.06. The normalized spacial score (nSPS) is 21.9. The Hall–Kier alpha value is -0.0300. The van der Waals surface area contributed by atoms with Gasteiger partial charge in [0.1, 0.15) is 0 Å². The molecular weight excluding hydrogens is 193 g/mol. The summed E-state index contributed by atoms with van der Waals surface area (Å²) in [6.07, 6.45) is 1.03. The largest absolute Gasteiger partial charge is 1.00 e. The van der Waals surface area contributed by atoms with Crippen molar-refractivity contribution in [3.63, 3.8) is 0 Å². The van der Waals surface area contributed by atoms with Crippen LogP contribution in [0.4, 0.5) is 0 Å². The maximum absolute atomic E-state index is 10.6. The first kappa shape index (κ1) is 14.0. The van der Waals surface area contributed by atoms with Crippen molar-refractivity contribution in [1.29, 1.82) is 0 Å². The summed E-state index contributed by atoms with van der Waals surface area (Å²) in [6.45, 7) is 3.75. The number of hydrogen-bond acceptors (Lipinski definition) is 3. The number of hydrogen-bond donors (Lipinski definition) is 1. The molecular formula is C9H14NNaO3. The van der Waals surface area contributed by atoms with E-state index in [0.29, 0.717) is 12.8 Å². The molecule has 1 atom stereocenters. The molecule has 5 heteroatoms. The van der Waals surface area contributed by atoms with Gasteiger partial charge in [-0.25, -0.2) is 0 Å². The van der Waals surface area contributed by atoms with Gasteiger partial charge in [0, 0.05) is 0 Å². The molecule has 0 aromatic heterocycles. The predicted octanol–water partition coefficient (Wildman–Crippen LogP) is -1.82. The molecule has 1 rings (SSSR count). The SMILES string of the molecule is CC1=C(C)C[C@@H](CO)C(=[N+]([O-])[O-])C1.[Na+]. The van der Waals surface area contributed by atoms with Crippen LogP contribution in [-0.4, -0.2) is 22.3 Å². The average molecular weight is 207 g/mol.